The van der Waals surface area contributed by atoms with Crippen LogP contribution in [-0.4, -0.2) is 49.8 Å². The van der Waals surface area contributed by atoms with Crippen molar-refractivity contribution in [1.29, 1.82) is 0 Å². The van der Waals surface area contributed by atoms with Crippen LogP contribution in [0, 0.1) is 11.3 Å². The second kappa shape index (κ2) is 7.69. The van der Waals surface area contributed by atoms with E-state index < -0.39 is 0 Å². The molecule has 4 heteroatoms. The van der Waals surface area contributed by atoms with Gasteiger partial charge >= 0.3 is 0 Å². The first kappa shape index (κ1) is 18.0. The summed E-state index contributed by atoms with van der Waals surface area (Å²) in [5.74, 6) is 0.837. The van der Waals surface area contributed by atoms with E-state index in [1.807, 2.05) is 6.92 Å². The highest BCUT2D eigenvalue weighted by Gasteiger charge is 2.43. The summed E-state index contributed by atoms with van der Waals surface area (Å²) in [6.07, 6.45) is 6.31. The van der Waals surface area contributed by atoms with E-state index in [0.717, 1.165) is 58.4 Å². The lowest BCUT2D eigenvalue weighted by atomic mass is 9.76. The van der Waals surface area contributed by atoms with Crippen molar-refractivity contribution in [1.82, 2.24) is 4.90 Å². The van der Waals surface area contributed by atoms with Gasteiger partial charge < -0.3 is 14.4 Å². The molecule has 1 amide bonds. The Morgan fingerprint density at radius 3 is 2.58 bits per heavy atom. The zero-order valence-corrected chi connectivity index (χ0v) is 15.9. The number of benzene rings is 1. The van der Waals surface area contributed by atoms with E-state index in [1.54, 1.807) is 0 Å². The van der Waals surface area contributed by atoms with E-state index in [-0.39, 0.29) is 11.5 Å². The van der Waals surface area contributed by atoms with Gasteiger partial charge in [-0.05, 0) is 61.5 Å². The minimum Gasteiger partial charge on any atom is -0.379 e. The minimum atomic E-state index is 0.245. The average molecular weight is 357 g/mol. The van der Waals surface area contributed by atoms with Crippen molar-refractivity contribution < 1.29 is 14.3 Å². The molecule has 3 aliphatic rings. The van der Waals surface area contributed by atoms with Gasteiger partial charge in [0.1, 0.15) is 0 Å². The molecule has 1 spiro atoms. The maximum absolute atomic E-state index is 12.8. The van der Waals surface area contributed by atoms with Crippen molar-refractivity contribution >= 4 is 5.91 Å². The van der Waals surface area contributed by atoms with Gasteiger partial charge in [0, 0.05) is 26.1 Å². The molecule has 4 nitrogen and oxygen atoms in total. The number of hydrogen-bond acceptors (Lipinski definition) is 3. The van der Waals surface area contributed by atoms with E-state index in [1.165, 1.54) is 11.1 Å². The number of fused-ring (bicyclic) bond motifs is 1. The topological polar surface area (TPSA) is 38.8 Å². The molecule has 1 atom stereocenters. The molecule has 26 heavy (non-hydrogen) atoms. The number of rotatable bonds is 5. The molecule has 1 aromatic rings. The van der Waals surface area contributed by atoms with E-state index in [9.17, 15) is 4.79 Å². The highest BCUT2D eigenvalue weighted by Crippen LogP contribution is 2.42. The van der Waals surface area contributed by atoms with Crippen molar-refractivity contribution in [2.45, 2.75) is 51.6 Å². The van der Waals surface area contributed by atoms with Crippen LogP contribution in [0.5, 0.6) is 0 Å². The van der Waals surface area contributed by atoms with Gasteiger partial charge in [-0.3, -0.25) is 4.79 Å². The second-order valence-electron chi connectivity index (χ2n) is 8.42. The van der Waals surface area contributed by atoms with Crippen LogP contribution in [0.4, 0.5) is 0 Å². The third-order valence-electron chi connectivity index (χ3n) is 6.57. The van der Waals surface area contributed by atoms with Gasteiger partial charge in [-0.25, -0.2) is 0 Å². The highest BCUT2D eigenvalue weighted by molar-refractivity contribution is 5.76. The largest absolute Gasteiger partial charge is 0.379 e. The van der Waals surface area contributed by atoms with Gasteiger partial charge in [-0.15, -0.1) is 0 Å². The number of amides is 1. The van der Waals surface area contributed by atoms with Crippen LogP contribution in [-0.2, 0) is 27.1 Å². The molecule has 142 valence electrons. The van der Waals surface area contributed by atoms with Gasteiger partial charge in [0.25, 0.3) is 0 Å². The molecule has 2 aliphatic heterocycles. The summed E-state index contributed by atoms with van der Waals surface area (Å²) < 4.78 is 11.5. The minimum absolute atomic E-state index is 0.245. The van der Waals surface area contributed by atoms with Crippen LogP contribution in [0.25, 0.3) is 0 Å². The lowest BCUT2D eigenvalue weighted by Crippen LogP contribution is -2.44. The average Bonchev–Trinajstić information content (AvgIpc) is 3.24. The SMILES string of the molecule is CCOC[C@H]1CC2(CCN(C(=O)CC3Cc4ccccc4C3)CC2)CO1. The third kappa shape index (κ3) is 3.81. The van der Waals surface area contributed by atoms with Crippen LogP contribution in [0.15, 0.2) is 24.3 Å². The zero-order chi connectivity index (χ0) is 18.0. The van der Waals surface area contributed by atoms with Crippen molar-refractivity contribution in [3.63, 3.8) is 0 Å². The molecular formula is C22H31NO3. The monoisotopic (exact) mass is 357 g/mol. The summed E-state index contributed by atoms with van der Waals surface area (Å²) in [4.78, 5) is 14.9. The molecule has 0 aromatic heterocycles. The molecule has 1 aliphatic carbocycles. The van der Waals surface area contributed by atoms with E-state index in [4.69, 9.17) is 9.47 Å². The normalized spacial score (nSPS) is 25.0. The lowest BCUT2D eigenvalue weighted by molar-refractivity contribution is -0.134. The predicted octanol–water partition coefficient (Wildman–Crippen LogP) is 3.23. The number of likely N-dealkylation sites (tertiary alicyclic amines) is 1. The van der Waals surface area contributed by atoms with Gasteiger partial charge in [0.15, 0.2) is 0 Å². The molecule has 0 bridgehead atoms. The predicted molar refractivity (Wildman–Crippen MR) is 101 cm³/mol. The Kier molecular flexibility index (Phi) is 5.32. The molecule has 0 unspecified atom stereocenters. The summed E-state index contributed by atoms with van der Waals surface area (Å²) in [6.45, 7) is 6.11. The Bertz CT molecular complexity index is 611. The fraction of sp³-hybridized carbons (Fsp3) is 0.682. The van der Waals surface area contributed by atoms with Crippen molar-refractivity contribution in [3.05, 3.63) is 35.4 Å². The molecule has 2 saturated heterocycles. The smallest absolute Gasteiger partial charge is 0.222 e. The van der Waals surface area contributed by atoms with Crippen LogP contribution in [0.2, 0.25) is 0 Å². The summed E-state index contributed by atoms with van der Waals surface area (Å²) in [6, 6.07) is 8.64. The van der Waals surface area contributed by atoms with Crippen LogP contribution in [0.3, 0.4) is 0 Å². The summed E-state index contributed by atoms with van der Waals surface area (Å²) in [5, 5.41) is 0. The third-order valence-corrected chi connectivity index (χ3v) is 6.57. The quantitative estimate of drug-likeness (QED) is 0.812. The lowest BCUT2D eigenvalue weighted by Gasteiger charge is -2.38. The molecule has 0 radical (unpaired) electrons. The fourth-order valence-electron chi connectivity index (χ4n) is 5.00. The number of carbonyl (C=O) groups excluding carboxylic acids is 1. The van der Waals surface area contributed by atoms with Gasteiger partial charge in [0.2, 0.25) is 5.91 Å². The first-order valence-corrected chi connectivity index (χ1v) is 10.2. The first-order chi connectivity index (χ1) is 12.7. The molecule has 2 fully saturated rings. The number of ether oxygens (including phenoxy) is 2. The second-order valence-corrected chi connectivity index (χ2v) is 8.42. The van der Waals surface area contributed by atoms with Gasteiger partial charge in [0.05, 0.1) is 19.3 Å². The van der Waals surface area contributed by atoms with E-state index >= 15 is 0 Å². The van der Waals surface area contributed by atoms with E-state index in [2.05, 4.69) is 29.2 Å². The van der Waals surface area contributed by atoms with Gasteiger partial charge in [-0.1, -0.05) is 24.3 Å². The van der Waals surface area contributed by atoms with Crippen molar-refractivity contribution in [2.75, 3.05) is 32.9 Å². The summed E-state index contributed by atoms with van der Waals surface area (Å²) >= 11 is 0. The highest BCUT2D eigenvalue weighted by atomic mass is 16.5. The number of piperidine rings is 1. The maximum Gasteiger partial charge on any atom is 0.222 e. The van der Waals surface area contributed by atoms with E-state index in [0.29, 0.717) is 24.9 Å². The first-order valence-electron chi connectivity index (χ1n) is 10.2. The molecule has 0 N–H and O–H groups in total. The Labute approximate surface area is 156 Å². The molecule has 2 heterocycles. The Hall–Kier alpha value is -1.39. The molecule has 0 saturated carbocycles. The summed E-state index contributed by atoms with van der Waals surface area (Å²) in [7, 11) is 0. The summed E-state index contributed by atoms with van der Waals surface area (Å²) in [5.41, 5.74) is 3.15. The number of hydrogen-bond donors (Lipinski definition) is 0. The fourth-order valence-corrected chi connectivity index (χ4v) is 5.00. The maximum atomic E-state index is 12.8. The van der Waals surface area contributed by atoms with Gasteiger partial charge in [-0.2, -0.15) is 0 Å². The Morgan fingerprint density at radius 1 is 1.23 bits per heavy atom. The molecule has 4 rings (SSSR count). The van der Waals surface area contributed by atoms with Crippen molar-refractivity contribution in [3.8, 4) is 0 Å². The molecule has 1 aromatic carbocycles. The molecular weight excluding hydrogens is 326 g/mol. The van der Waals surface area contributed by atoms with Crippen molar-refractivity contribution in [2.24, 2.45) is 11.3 Å². The standard InChI is InChI=1S/C22H31NO3/c1-2-25-15-20-14-22(16-26-20)7-9-23(10-8-22)21(24)13-17-11-18-5-3-4-6-19(18)12-17/h3-6,17,20H,2,7-16H2,1H3/t20-/m1/s1. The Balaban J connectivity index is 1.24. The van der Waals surface area contributed by atoms with Crippen LogP contribution in [0.1, 0.15) is 43.7 Å². The zero-order valence-electron chi connectivity index (χ0n) is 15.9. The number of nitrogens with zero attached hydrogens (tertiary/aromatic N) is 1. The Morgan fingerprint density at radius 2 is 1.92 bits per heavy atom. The van der Waals surface area contributed by atoms with Crippen LogP contribution >= 0.6 is 0 Å². The van der Waals surface area contributed by atoms with Crippen LogP contribution < -0.4 is 0 Å². The number of carbonyl (C=O) groups is 1.